The first-order valence-electron chi connectivity index (χ1n) is 5.59. The zero-order valence-corrected chi connectivity index (χ0v) is 10.8. The fourth-order valence-corrected chi connectivity index (χ4v) is 1.50. The summed E-state index contributed by atoms with van der Waals surface area (Å²) >= 11 is 0. The van der Waals surface area contributed by atoms with Gasteiger partial charge in [-0.25, -0.2) is 4.79 Å². The third kappa shape index (κ3) is 3.35. The molecule has 0 unspecified atom stereocenters. The molecule has 1 aromatic carbocycles. The number of carbonyl (C=O) groups is 1. The van der Waals surface area contributed by atoms with E-state index >= 15 is 0 Å². The van der Waals surface area contributed by atoms with Crippen molar-refractivity contribution in [3.05, 3.63) is 23.3 Å². The Morgan fingerprint density at radius 1 is 1.22 bits per heavy atom. The summed E-state index contributed by atoms with van der Waals surface area (Å²) in [6.45, 7) is 1.34. The highest BCUT2D eigenvalue weighted by Gasteiger charge is 2.15. The summed E-state index contributed by atoms with van der Waals surface area (Å²) in [5, 5.41) is 0. The lowest BCUT2D eigenvalue weighted by molar-refractivity contribution is 0.0493. The van der Waals surface area contributed by atoms with Crippen LogP contribution in [-0.2, 0) is 4.74 Å². The smallest absolute Gasteiger partial charge is 0.338 e. The monoisotopic (exact) mass is 256 g/mol. The summed E-state index contributed by atoms with van der Waals surface area (Å²) in [4.78, 5) is 11.8. The van der Waals surface area contributed by atoms with Crippen LogP contribution in [0.4, 0.5) is 4.39 Å². The number of halogens is 1. The van der Waals surface area contributed by atoms with Crippen LogP contribution in [0.1, 0.15) is 22.3 Å². The molecule has 0 amide bonds. The lowest BCUT2D eigenvalue weighted by Crippen LogP contribution is -2.09. The molecule has 0 atom stereocenters. The molecule has 1 aromatic rings. The third-order valence-corrected chi connectivity index (χ3v) is 2.46. The van der Waals surface area contributed by atoms with Gasteiger partial charge in [-0.1, -0.05) is 0 Å². The van der Waals surface area contributed by atoms with Crippen LogP contribution in [-0.4, -0.2) is 33.5 Å². The van der Waals surface area contributed by atoms with Crippen LogP contribution in [0.25, 0.3) is 0 Å². The van der Waals surface area contributed by atoms with Crippen LogP contribution in [0.2, 0.25) is 0 Å². The molecule has 0 aliphatic rings. The van der Waals surface area contributed by atoms with Gasteiger partial charge in [0, 0.05) is 6.42 Å². The van der Waals surface area contributed by atoms with Crippen molar-refractivity contribution in [3.8, 4) is 11.5 Å². The summed E-state index contributed by atoms with van der Waals surface area (Å²) in [7, 11) is 3.02. The number of benzene rings is 1. The number of carbonyl (C=O) groups excluding carboxylic acids is 1. The Hall–Kier alpha value is -1.78. The predicted molar refractivity (Wildman–Crippen MR) is 65.2 cm³/mol. The largest absolute Gasteiger partial charge is 0.493 e. The molecule has 0 bridgehead atoms. The third-order valence-electron chi connectivity index (χ3n) is 2.46. The van der Waals surface area contributed by atoms with E-state index in [9.17, 15) is 9.18 Å². The molecule has 0 N–H and O–H groups in total. The van der Waals surface area contributed by atoms with E-state index in [1.54, 1.807) is 19.1 Å². The first-order valence-corrected chi connectivity index (χ1v) is 5.59. The molecule has 1 rings (SSSR count). The summed E-state index contributed by atoms with van der Waals surface area (Å²) < 4.78 is 27.1. The second-order valence-electron chi connectivity index (χ2n) is 3.70. The van der Waals surface area contributed by atoms with E-state index in [-0.39, 0.29) is 13.0 Å². The molecule has 0 saturated carbocycles. The lowest BCUT2D eigenvalue weighted by atomic mass is 10.1. The van der Waals surface area contributed by atoms with Gasteiger partial charge in [0.1, 0.15) is 0 Å². The van der Waals surface area contributed by atoms with Gasteiger partial charge < -0.3 is 14.2 Å². The Balaban J connectivity index is 2.91. The summed E-state index contributed by atoms with van der Waals surface area (Å²) in [6.07, 6.45) is 0.206. The predicted octanol–water partition coefficient (Wildman–Crippen LogP) is 2.53. The average Bonchev–Trinajstić information content (AvgIpc) is 2.38. The minimum Gasteiger partial charge on any atom is -0.493 e. The van der Waals surface area contributed by atoms with E-state index in [1.807, 2.05) is 0 Å². The normalized spacial score (nSPS) is 10.0. The van der Waals surface area contributed by atoms with Crippen LogP contribution in [0.3, 0.4) is 0 Å². The van der Waals surface area contributed by atoms with Crippen LogP contribution in [0.5, 0.6) is 11.5 Å². The molecule has 4 nitrogen and oxygen atoms in total. The van der Waals surface area contributed by atoms with Crippen LogP contribution in [0.15, 0.2) is 12.1 Å². The van der Waals surface area contributed by atoms with Gasteiger partial charge in [0.2, 0.25) is 0 Å². The molecule has 0 radical (unpaired) electrons. The number of esters is 1. The fourth-order valence-electron chi connectivity index (χ4n) is 1.50. The summed E-state index contributed by atoms with van der Waals surface area (Å²) in [5.74, 6) is 0.526. The van der Waals surface area contributed by atoms with Gasteiger partial charge in [-0.15, -0.1) is 0 Å². The van der Waals surface area contributed by atoms with E-state index in [4.69, 9.17) is 14.2 Å². The van der Waals surface area contributed by atoms with Crippen molar-refractivity contribution >= 4 is 5.97 Å². The van der Waals surface area contributed by atoms with Gasteiger partial charge in [-0.05, 0) is 24.6 Å². The molecule has 0 heterocycles. The molecule has 0 spiro atoms. The molecule has 0 saturated heterocycles. The van der Waals surface area contributed by atoms with E-state index in [0.717, 1.165) is 5.56 Å². The molecular formula is C13H17FO4. The van der Waals surface area contributed by atoms with Gasteiger partial charge in [0.15, 0.2) is 11.5 Å². The maximum atomic E-state index is 11.9. The second-order valence-corrected chi connectivity index (χ2v) is 3.70. The zero-order valence-electron chi connectivity index (χ0n) is 10.8. The Kier molecular flexibility index (Phi) is 5.42. The van der Waals surface area contributed by atoms with Gasteiger partial charge in [0.25, 0.3) is 0 Å². The Morgan fingerprint density at radius 2 is 1.83 bits per heavy atom. The summed E-state index contributed by atoms with van der Waals surface area (Å²) in [6, 6.07) is 3.26. The number of hydrogen-bond donors (Lipinski definition) is 0. The van der Waals surface area contributed by atoms with Crippen molar-refractivity contribution in [2.45, 2.75) is 13.3 Å². The Morgan fingerprint density at radius 3 is 2.39 bits per heavy atom. The Bertz CT molecular complexity index is 418. The lowest BCUT2D eigenvalue weighted by Gasteiger charge is -2.12. The number of hydrogen-bond acceptors (Lipinski definition) is 4. The molecular weight excluding hydrogens is 239 g/mol. The standard InChI is InChI=1S/C13H17FO4/c1-9-7-11(16-2)12(17-3)8-10(9)13(15)18-6-4-5-14/h7-8H,4-6H2,1-3H3. The molecule has 100 valence electrons. The number of rotatable bonds is 6. The maximum absolute atomic E-state index is 11.9. The topological polar surface area (TPSA) is 44.8 Å². The molecule has 0 fully saturated rings. The zero-order chi connectivity index (χ0) is 13.5. The minimum atomic E-state index is -0.502. The fraction of sp³-hybridized carbons (Fsp3) is 0.462. The second kappa shape index (κ2) is 6.83. The van der Waals surface area contributed by atoms with E-state index in [0.29, 0.717) is 17.1 Å². The van der Waals surface area contributed by atoms with E-state index in [2.05, 4.69) is 0 Å². The molecule has 5 heteroatoms. The van der Waals surface area contributed by atoms with Crippen molar-refractivity contribution < 1.29 is 23.4 Å². The number of methoxy groups -OCH3 is 2. The van der Waals surface area contributed by atoms with Gasteiger partial charge in [-0.2, -0.15) is 0 Å². The van der Waals surface area contributed by atoms with E-state index < -0.39 is 12.6 Å². The SMILES string of the molecule is COc1cc(C)c(C(=O)OCCCF)cc1OC. The molecule has 18 heavy (non-hydrogen) atoms. The quantitative estimate of drug-likeness (QED) is 0.579. The van der Waals surface area contributed by atoms with Gasteiger partial charge in [-0.3, -0.25) is 4.39 Å². The van der Waals surface area contributed by atoms with Crippen LogP contribution in [0, 0.1) is 6.92 Å². The first-order chi connectivity index (χ1) is 8.63. The van der Waals surface area contributed by atoms with E-state index in [1.165, 1.54) is 14.2 Å². The summed E-state index contributed by atoms with van der Waals surface area (Å²) in [5.41, 5.74) is 1.12. The van der Waals surface area contributed by atoms with Crippen LogP contribution >= 0.6 is 0 Å². The highest BCUT2D eigenvalue weighted by Crippen LogP contribution is 2.30. The van der Waals surface area contributed by atoms with Crippen molar-refractivity contribution in [3.63, 3.8) is 0 Å². The van der Waals surface area contributed by atoms with Crippen molar-refractivity contribution in [1.82, 2.24) is 0 Å². The van der Waals surface area contributed by atoms with Crippen molar-refractivity contribution in [1.29, 1.82) is 0 Å². The van der Waals surface area contributed by atoms with Gasteiger partial charge in [0.05, 0.1) is 33.1 Å². The first kappa shape index (κ1) is 14.3. The highest BCUT2D eigenvalue weighted by atomic mass is 19.1. The van der Waals surface area contributed by atoms with Crippen molar-refractivity contribution in [2.75, 3.05) is 27.5 Å². The number of aryl methyl sites for hydroxylation is 1. The maximum Gasteiger partial charge on any atom is 0.338 e. The number of ether oxygens (including phenoxy) is 3. The average molecular weight is 256 g/mol. The molecule has 0 aliphatic heterocycles. The molecule has 0 aliphatic carbocycles. The molecule has 0 aromatic heterocycles. The van der Waals surface area contributed by atoms with Crippen LogP contribution < -0.4 is 9.47 Å². The minimum absolute atomic E-state index is 0.0725. The number of alkyl halides is 1. The highest BCUT2D eigenvalue weighted by molar-refractivity contribution is 5.92. The van der Waals surface area contributed by atoms with Crippen molar-refractivity contribution in [2.24, 2.45) is 0 Å². The Labute approximate surface area is 106 Å². The van der Waals surface area contributed by atoms with Gasteiger partial charge >= 0.3 is 5.97 Å².